The maximum atomic E-state index is 12.2. The first-order valence-electron chi connectivity index (χ1n) is 8.00. The van der Waals surface area contributed by atoms with E-state index in [2.05, 4.69) is 10.6 Å². The van der Waals surface area contributed by atoms with Gasteiger partial charge in [-0.25, -0.2) is 0 Å². The number of halogens is 2. The Labute approximate surface area is 157 Å². The average molecular weight is 379 g/mol. The molecule has 2 amide bonds. The molecule has 0 aromatic heterocycles. The van der Waals surface area contributed by atoms with Gasteiger partial charge >= 0.3 is 0 Å². The molecule has 2 aromatic carbocycles. The quantitative estimate of drug-likeness (QED) is 0.764. The highest BCUT2D eigenvalue weighted by molar-refractivity contribution is 6.34. The Kier molecular flexibility index (Phi) is 6.85. The van der Waals surface area contributed by atoms with Crippen LogP contribution in [0.3, 0.4) is 0 Å². The number of anilines is 1. The van der Waals surface area contributed by atoms with Crippen molar-refractivity contribution < 1.29 is 9.59 Å². The number of rotatable bonds is 6. The standard InChI is InChI=1S/C19H20Cl2N2O2/c1-12(2)22-19(25)14-7-9-16(21)17(11-14)23-18(24)10-8-13-5-3-4-6-15(13)20/h3-7,9,11-12H,8,10H2,1-2H3,(H,22,25)(H,23,24). The zero-order valence-corrected chi connectivity index (χ0v) is 15.6. The summed E-state index contributed by atoms with van der Waals surface area (Å²) in [6.07, 6.45) is 0.791. The molecule has 0 atom stereocenters. The van der Waals surface area contributed by atoms with Gasteiger partial charge in [-0.05, 0) is 50.1 Å². The number of benzene rings is 2. The molecule has 0 radical (unpaired) electrons. The van der Waals surface area contributed by atoms with Crippen LogP contribution in [-0.2, 0) is 11.2 Å². The van der Waals surface area contributed by atoms with E-state index in [-0.39, 0.29) is 24.3 Å². The van der Waals surface area contributed by atoms with Crippen LogP contribution in [0.5, 0.6) is 0 Å². The molecule has 2 rings (SSSR count). The summed E-state index contributed by atoms with van der Waals surface area (Å²) in [6.45, 7) is 3.76. The smallest absolute Gasteiger partial charge is 0.251 e. The lowest BCUT2D eigenvalue weighted by atomic mass is 10.1. The largest absolute Gasteiger partial charge is 0.350 e. The lowest BCUT2D eigenvalue weighted by molar-refractivity contribution is -0.116. The van der Waals surface area contributed by atoms with Gasteiger partial charge in [0, 0.05) is 23.0 Å². The van der Waals surface area contributed by atoms with Crippen molar-refractivity contribution in [1.29, 1.82) is 0 Å². The predicted octanol–water partition coefficient (Wildman–Crippen LogP) is 4.70. The molecule has 0 fully saturated rings. The van der Waals surface area contributed by atoms with Crippen LogP contribution in [0.1, 0.15) is 36.2 Å². The SMILES string of the molecule is CC(C)NC(=O)c1ccc(Cl)c(NC(=O)CCc2ccccc2Cl)c1. The van der Waals surface area contributed by atoms with Crippen LogP contribution in [0.2, 0.25) is 10.0 Å². The Morgan fingerprint density at radius 2 is 1.76 bits per heavy atom. The fraction of sp³-hybridized carbons (Fsp3) is 0.263. The summed E-state index contributed by atoms with van der Waals surface area (Å²) in [6, 6.07) is 12.2. The molecule has 0 saturated carbocycles. The van der Waals surface area contributed by atoms with Crippen LogP contribution < -0.4 is 10.6 Å². The molecular formula is C19H20Cl2N2O2. The number of carbonyl (C=O) groups excluding carboxylic acids is 2. The number of hydrogen-bond donors (Lipinski definition) is 2. The summed E-state index contributed by atoms with van der Waals surface area (Å²) in [7, 11) is 0. The topological polar surface area (TPSA) is 58.2 Å². The van der Waals surface area contributed by atoms with E-state index in [0.717, 1.165) is 5.56 Å². The third-order valence-corrected chi connectivity index (χ3v) is 4.20. The van der Waals surface area contributed by atoms with E-state index in [1.54, 1.807) is 24.3 Å². The third kappa shape index (κ3) is 5.76. The Balaban J connectivity index is 2.02. The first-order chi connectivity index (χ1) is 11.9. The number of carbonyl (C=O) groups is 2. The monoisotopic (exact) mass is 378 g/mol. The molecule has 0 aliphatic heterocycles. The van der Waals surface area contributed by atoms with Gasteiger partial charge in [0.2, 0.25) is 5.91 Å². The first kappa shape index (κ1) is 19.3. The van der Waals surface area contributed by atoms with Crippen LogP contribution in [0.4, 0.5) is 5.69 Å². The van der Waals surface area contributed by atoms with Gasteiger partial charge in [0.05, 0.1) is 10.7 Å². The number of aryl methyl sites for hydroxylation is 1. The van der Waals surface area contributed by atoms with Gasteiger partial charge in [0.15, 0.2) is 0 Å². The maximum absolute atomic E-state index is 12.2. The van der Waals surface area contributed by atoms with Crippen LogP contribution >= 0.6 is 23.2 Å². The highest BCUT2D eigenvalue weighted by Crippen LogP contribution is 2.24. The summed E-state index contributed by atoms with van der Waals surface area (Å²) < 4.78 is 0. The second kappa shape index (κ2) is 8.88. The minimum absolute atomic E-state index is 0.0249. The van der Waals surface area contributed by atoms with Gasteiger partial charge in [-0.3, -0.25) is 9.59 Å². The number of amides is 2. The van der Waals surface area contributed by atoms with Crippen molar-refractivity contribution in [3.8, 4) is 0 Å². The van der Waals surface area contributed by atoms with Crippen molar-refractivity contribution in [3.63, 3.8) is 0 Å². The number of hydrogen-bond acceptors (Lipinski definition) is 2. The molecule has 0 bridgehead atoms. The van der Waals surface area contributed by atoms with E-state index in [4.69, 9.17) is 23.2 Å². The molecule has 0 aliphatic carbocycles. The minimum Gasteiger partial charge on any atom is -0.350 e. The van der Waals surface area contributed by atoms with Crippen molar-refractivity contribution in [2.24, 2.45) is 0 Å². The summed E-state index contributed by atoms with van der Waals surface area (Å²) in [5.41, 5.74) is 1.78. The zero-order chi connectivity index (χ0) is 18.4. The molecule has 0 saturated heterocycles. The minimum atomic E-state index is -0.210. The lowest BCUT2D eigenvalue weighted by Gasteiger charge is -2.12. The average Bonchev–Trinajstić information content (AvgIpc) is 2.55. The summed E-state index contributed by atoms with van der Waals surface area (Å²) in [4.78, 5) is 24.3. The van der Waals surface area contributed by atoms with Crippen LogP contribution in [-0.4, -0.2) is 17.9 Å². The van der Waals surface area contributed by atoms with E-state index >= 15 is 0 Å². The van der Waals surface area contributed by atoms with Crippen molar-refractivity contribution in [2.75, 3.05) is 5.32 Å². The predicted molar refractivity (Wildman–Crippen MR) is 102 cm³/mol. The van der Waals surface area contributed by atoms with Gasteiger partial charge in [-0.1, -0.05) is 41.4 Å². The molecule has 0 aliphatic rings. The van der Waals surface area contributed by atoms with Crippen LogP contribution in [0, 0.1) is 0 Å². The third-order valence-electron chi connectivity index (χ3n) is 3.50. The molecule has 0 unspecified atom stereocenters. The molecule has 4 nitrogen and oxygen atoms in total. The molecule has 132 valence electrons. The fourth-order valence-electron chi connectivity index (χ4n) is 2.27. The van der Waals surface area contributed by atoms with Gasteiger partial charge in [-0.15, -0.1) is 0 Å². The maximum Gasteiger partial charge on any atom is 0.251 e. The molecule has 25 heavy (non-hydrogen) atoms. The van der Waals surface area contributed by atoms with Gasteiger partial charge in [0.1, 0.15) is 0 Å². The summed E-state index contributed by atoms with van der Waals surface area (Å²) in [5, 5.41) is 6.58. The van der Waals surface area contributed by atoms with Gasteiger partial charge in [-0.2, -0.15) is 0 Å². The molecule has 2 N–H and O–H groups in total. The normalized spacial score (nSPS) is 10.6. The Morgan fingerprint density at radius 1 is 1.04 bits per heavy atom. The molecular weight excluding hydrogens is 359 g/mol. The Hall–Kier alpha value is -2.04. The fourth-order valence-corrected chi connectivity index (χ4v) is 2.66. The van der Waals surface area contributed by atoms with E-state index < -0.39 is 0 Å². The first-order valence-corrected chi connectivity index (χ1v) is 8.76. The Morgan fingerprint density at radius 3 is 2.44 bits per heavy atom. The summed E-state index contributed by atoms with van der Waals surface area (Å²) in [5.74, 6) is -0.401. The number of nitrogens with one attached hydrogen (secondary N) is 2. The van der Waals surface area contributed by atoms with Crippen molar-refractivity contribution in [3.05, 3.63) is 63.6 Å². The molecule has 2 aromatic rings. The van der Waals surface area contributed by atoms with Crippen LogP contribution in [0.15, 0.2) is 42.5 Å². The second-order valence-electron chi connectivity index (χ2n) is 5.96. The van der Waals surface area contributed by atoms with Crippen molar-refractivity contribution in [2.45, 2.75) is 32.7 Å². The van der Waals surface area contributed by atoms with Gasteiger partial charge < -0.3 is 10.6 Å². The van der Waals surface area contributed by atoms with E-state index in [1.165, 1.54) is 0 Å². The molecule has 0 spiro atoms. The zero-order valence-electron chi connectivity index (χ0n) is 14.1. The van der Waals surface area contributed by atoms with Crippen molar-refractivity contribution in [1.82, 2.24) is 5.32 Å². The van der Waals surface area contributed by atoms with Crippen LogP contribution in [0.25, 0.3) is 0 Å². The van der Waals surface area contributed by atoms with E-state index in [0.29, 0.717) is 27.7 Å². The molecule has 0 heterocycles. The molecule has 6 heteroatoms. The summed E-state index contributed by atoms with van der Waals surface area (Å²) >= 11 is 12.2. The van der Waals surface area contributed by atoms with Gasteiger partial charge in [0.25, 0.3) is 5.91 Å². The lowest BCUT2D eigenvalue weighted by Crippen LogP contribution is -2.30. The highest BCUT2D eigenvalue weighted by atomic mass is 35.5. The Bertz CT molecular complexity index is 776. The second-order valence-corrected chi connectivity index (χ2v) is 6.78. The van der Waals surface area contributed by atoms with E-state index in [1.807, 2.05) is 32.0 Å². The van der Waals surface area contributed by atoms with Crippen molar-refractivity contribution >= 4 is 40.7 Å². The van der Waals surface area contributed by atoms with E-state index in [9.17, 15) is 9.59 Å². The highest BCUT2D eigenvalue weighted by Gasteiger charge is 2.12.